The summed E-state index contributed by atoms with van der Waals surface area (Å²) in [5.74, 6) is 0.178. The van der Waals surface area contributed by atoms with Gasteiger partial charge in [-0.3, -0.25) is 0 Å². The van der Waals surface area contributed by atoms with Crippen LogP contribution in [0.2, 0.25) is 0 Å². The van der Waals surface area contributed by atoms with E-state index in [1.807, 2.05) is 25.1 Å². The number of halogens is 3. The molecule has 1 N–H and O–H groups in total. The van der Waals surface area contributed by atoms with Crippen LogP contribution in [0.15, 0.2) is 48.5 Å². The first-order valence-corrected chi connectivity index (χ1v) is 6.89. The molecular weight excluding hydrogens is 291 g/mol. The largest absolute Gasteiger partial charge is 0.508 e. The fraction of sp³-hybridized carbons (Fsp3) is 0.294. The highest BCUT2D eigenvalue weighted by molar-refractivity contribution is 5.32. The van der Waals surface area contributed by atoms with Gasteiger partial charge in [0.15, 0.2) is 0 Å². The second kappa shape index (κ2) is 6.40. The van der Waals surface area contributed by atoms with E-state index in [0.29, 0.717) is 6.42 Å². The number of phenolic OH excluding ortho intramolecular Hbond substituents is 1. The van der Waals surface area contributed by atoms with Gasteiger partial charge in [0.25, 0.3) is 0 Å². The summed E-state index contributed by atoms with van der Waals surface area (Å²) in [7, 11) is 3.80. The van der Waals surface area contributed by atoms with E-state index >= 15 is 0 Å². The highest BCUT2D eigenvalue weighted by atomic mass is 19.4. The van der Waals surface area contributed by atoms with Gasteiger partial charge in [-0.1, -0.05) is 24.3 Å². The molecule has 0 aliphatic heterocycles. The van der Waals surface area contributed by atoms with Gasteiger partial charge in [0.1, 0.15) is 5.75 Å². The van der Waals surface area contributed by atoms with Crippen molar-refractivity contribution >= 4 is 0 Å². The van der Waals surface area contributed by atoms with Gasteiger partial charge in [0.05, 0.1) is 5.56 Å². The van der Waals surface area contributed by atoms with Crippen molar-refractivity contribution in [1.82, 2.24) is 4.90 Å². The van der Waals surface area contributed by atoms with Crippen LogP contribution < -0.4 is 0 Å². The first-order chi connectivity index (χ1) is 10.3. The van der Waals surface area contributed by atoms with Gasteiger partial charge in [-0.25, -0.2) is 0 Å². The van der Waals surface area contributed by atoms with Gasteiger partial charge in [-0.2, -0.15) is 13.2 Å². The average Bonchev–Trinajstić information content (AvgIpc) is 2.44. The van der Waals surface area contributed by atoms with Crippen LogP contribution in [0.5, 0.6) is 5.75 Å². The van der Waals surface area contributed by atoms with E-state index < -0.39 is 11.7 Å². The molecule has 22 heavy (non-hydrogen) atoms. The molecule has 2 rings (SSSR count). The molecule has 1 atom stereocenters. The van der Waals surface area contributed by atoms with Crippen molar-refractivity contribution in [3.05, 3.63) is 65.2 Å². The van der Waals surface area contributed by atoms with Crippen molar-refractivity contribution in [2.75, 3.05) is 14.1 Å². The summed E-state index contributed by atoms with van der Waals surface area (Å²) in [6.07, 6.45) is -3.75. The van der Waals surface area contributed by atoms with Crippen LogP contribution >= 0.6 is 0 Å². The van der Waals surface area contributed by atoms with Gasteiger partial charge >= 0.3 is 6.18 Å². The van der Waals surface area contributed by atoms with Crippen LogP contribution in [-0.2, 0) is 12.6 Å². The molecule has 1 unspecified atom stereocenters. The molecule has 5 heteroatoms. The fourth-order valence-electron chi connectivity index (χ4n) is 2.38. The number of hydrogen-bond acceptors (Lipinski definition) is 2. The van der Waals surface area contributed by atoms with Crippen LogP contribution in [0.3, 0.4) is 0 Å². The van der Waals surface area contributed by atoms with E-state index in [2.05, 4.69) is 0 Å². The molecule has 2 aromatic rings. The Kier molecular flexibility index (Phi) is 4.76. The number of benzene rings is 2. The zero-order valence-corrected chi connectivity index (χ0v) is 12.4. The van der Waals surface area contributed by atoms with E-state index in [-0.39, 0.29) is 11.8 Å². The summed E-state index contributed by atoms with van der Waals surface area (Å²) < 4.78 is 37.8. The Morgan fingerprint density at radius 3 is 2.18 bits per heavy atom. The first kappa shape index (κ1) is 16.4. The molecule has 0 spiro atoms. The molecule has 0 bridgehead atoms. The quantitative estimate of drug-likeness (QED) is 0.912. The molecule has 0 fully saturated rings. The fourth-order valence-corrected chi connectivity index (χ4v) is 2.38. The molecule has 2 aromatic carbocycles. The van der Waals surface area contributed by atoms with E-state index in [0.717, 1.165) is 23.3 Å². The van der Waals surface area contributed by atoms with Crippen LogP contribution in [0, 0.1) is 0 Å². The Morgan fingerprint density at radius 1 is 1.05 bits per heavy atom. The predicted octanol–water partition coefficient (Wildman–Crippen LogP) is 4.26. The summed E-state index contributed by atoms with van der Waals surface area (Å²) in [6, 6.07) is 12.1. The molecule has 0 heterocycles. The minimum Gasteiger partial charge on any atom is -0.508 e. The number of phenols is 1. The molecule has 0 aliphatic carbocycles. The summed E-state index contributed by atoms with van der Waals surface area (Å²) in [4.78, 5) is 1.98. The zero-order chi connectivity index (χ0) is 16.3. The van der Waals surface area contributed by atoms with E-state index in [1.165, 1.54) is 12.1 Å². The van der Waals surface area contributed by atoms with Crippen LogP contribution in [0.1, 0.15) is 22.7 Å². The predicted molar refractivity (Wildman–Crippen MR) is 79.7 cm³/mol. The van der Waals surface area contributed by atoms with Crippen molar-refractivity contribution in [2.45, 2.75) is 18.6 Å². The number of alkyl halides is 3. The lowest BCUT2D eigenvalue weighted by atomic mass is 9.97. The average molecular weight is 309 g/mol. The molecule has 0 aliphatic rings. The lowest BCUT2D eigenvalue weighted by Gasteiger charge is -2.25. The monoisotopic (exact) mass is 309 g/mol. The summed E-state index contributed by atoms with van der Waals surface area (Å²) in [5, 5.41) is 9.59. The Labute approximate surface area is 127 Å². The third-order valence-corrected chi connectivity index (χ3v) is 3.59. The molecule has 0 saturated heterocycles. The number of nitrogens with zero attached hydrogens (tertiary/aromatic N) is 1. The standard InChI is InChI=1S/C17H18F3NO/c1-21(2)16(13-4-3-5-15(22)11-13)10-12-6-8-14(9-7-12)17(18,19)20/h3-9,11,16,22H,10H2,1-2H3. The number of hydrogen-bond donors (Lipinski definition) is 1. The van der Waals surface area contributed by atoms with Crippen molar-refractivity contribution in [2.24, 2.45) is 0 Å². The lowest BCUT2D eigenvalue weighted by Crippen LogP contribution is -2.22. The zero-order valence-electron chi connectivity index (χ0n) is 12.4. The Morgan fingerprint density at radius 2 is 1.68 bits per heavy atom. The minimum atomic E-state index is -4.31. The maximum atomic E-state index is 12.6. The molecule has 0 saturated carbocycles. The van der Waals surface area contributed by atoms with E-state index in [9.17, 15) is 18.3 Å². The SMILES string of the molecule is CN(C)C(Cc1ccc(C(F)(F)F)cc1)c1cccc(O)c1. The molecule has 0 radical (unpaired) electrons. The molecule has 0 aromatic heterocycles. The van der Waals surface area contributed by atoms with Crippen LogP contribution in [0.25, 0.3) is 0 Å². The molecule has 2 nitrogen and oxygen atoms in total. The second-order valence-corrected chi connectivity index (χ2v) is 5.47. The third-order valence-electron chi connectivity index (χ3n) is 3.59. The number of aromatic hydroxyl groups is 1. The van der Waals surface area contributed by atoms with Crippen molar-refractivity contribution in [3.63, 3.8) is 0 Å². The van der Waals surface area contributed by atoms with Gasteiger partial charge in [0, 0.05) is 6.04 Å². The smallest absolute Gasteiger partial charge is 0.416 e. The molecule has 0 amide bonds. The van der Waals surface area contributed by atoms with E-state index in [4.69, 9.17) is 0 Å². The highest BCUT2D eigenvalue weighted by Crippen LogP contribution is 2.30. The number of likely N-dealkylation sites (N-methyl/N-ethyl adjacent to an activating group) is 1. The Bertz CT molecular complexity index is 621. The van der Waals surface area contributed by atoms with Crippen molar-refractivity contribution in [1.29, 1.82) is 0 Å². The van der Waals surface area contributed by atoms with E-state index in [1.54, 1.807) is 18.2 Å². The van der Waals surface area contributed by atoms with Crippen molar-refractivity contribution in [3.8, 4) is 5.75 Å². The second-order valence-electron chi connectivity index (χ2n) is 5.47. The van der Waals surface area contributed by atoms with Gasteiger partial charge in [0.2, 0.25) is 0 Å². The van der Waals surface area contributed by atoms with Crippen molar-refractivity contribution < 1.29 is 18.3 Å². The maximum absolute atomic E-state index is 12.6. The summed E-state index contributed by atoms with van der Waals surface area (Å²) in [6.45, 7) is 0. The third kappa shape index (κ3) is 4.01. The highest BCUT2D eigenvalue weighted by Gasteiger charge is 2.30. The Balaban J connectivity index is 2.22. The van der Waals surface area contributed by atoms with Crippen LogP contribution in [-0.4, -0.2) is 24.1 Å². The van der Waals surface area contributed by atoms with Gasteiger partial charge in [-0.05, 0) is 55.9 Å². The number of rotatable bonds is 4. The Hall–Kier alpha value is -2.01. The normalized spacial score (nSPS) is 13.4. The first-order valence-electron chi connectivity index (χ1n) is 6.89. The van der Waals surface area contributed by atoms with Gasteiger partial charge < -0.3 is 10.0 Å². The van der Waals surface area contributed by atoms with Gasteiger partial charge in [-0.15, -0.1) is 0 Å². The minimum absolute atomic E-state index is 0.0242. The molecular formula is C17H18F3NO. The summed E-state index contributed by atoms with van der Waals surface area (Å²) >= 11 is 0. The lowest BCUT2D eigenvalue weighted by molar-refractivity contribution is -0.137. The molecule has 118 valence electrons. The topological polar surface area (TPSA) is 23.5 Å². The summed E-state index contributed by atoms with van der Waals surface area (Å²) in [5.41, 5.74) is 1.09. The maximum Gasteiger partial charge on any atom is 0.416 e. The van der Waals surface area contributed by atoms with Crippen LogP contribution in [0.4, 0.5) is 13.2 Å².